The minimum atomic E-state index is -4.56. The molecule has 1 aromatic carbocycles. The molecule has 0 amide bonds. The van der Waals surface area contributed by atoms with Crippen LogP contribution in [0.5, 0.6) is 0 Å². The molecular weight excluding hydrogens is 288 g/mol. The van der Waals surface area contributed by atoms with Crippen LogP contribution in [0.1, 0.15) is 17.2 Å². The van der Waals surface area contributed by atoms with Crippen molar-refractivity contribution in [3.63, 3.8) is 0 Å². The third kappa shape index (κ3) is 3.49. The van der Waals surface area contributed by atoms with Gasteiger partial charge in [-0.15, -0.1) is 0 Å². The van der Waals surface area contributed by atoms with Crippen molar-refractivity contribution in [3.05, 3.63) is 69.9 Å². The van der Waals surface area contributed by atoms with Crippen LogP contribution in [0.2, 0.25) is 0 Å². The van der Waals surface area contributed by atoms with Gasteiger partial charge in [-0.05, 0) is 12.1 Å². The fraction of sp³-hybridized carbons (Fsp3) is 0.214. The average Bonchev–Trinajstić information content (AvgIpc) is 2.40. The van der Waals surface area contributed by atoms with Gasteiger partial charge < -0.3 is 10.3 Å². The van der Waals surface area contributed by atoms with Crippen LogP contribution >= 0.6 is 0 Å². The van der Waals surface area contributed by atoms with Gasteiger partial charge in [-0.25, -0.2) is 4.39 Å². The van der Waals surface area contributed by atoms with Crippen LogP contribution in [0.3, 0.4) is 0 Å². The third-order valence-electron chi connectivity index (χ3n) is 3.01. The van der Waals surface area contributed by atoms with Crippen molar-refractivity contribution in [1.29, 1.82) is 0 Å². The number of alkyl halides is 3. The molecule has 0 aliphatic heterocycles. The lowest BCUT2D eigenvalue weighted by atomic mass is 10.1. The Hall–Kier alpha value is -2.15. The zero-order chi connectivity index (χ0) is 15.6. The molecule has 112 valence electrons. The first kappa shape index (κ1) is 15.2. The number of nitrogens with two attached hydrogens (primary N) is 1. The number of pyridine rings is 1. The van der Waals surface area contributed by atoms with E-state index in [1.807, 2.05) is 0 Å². The highest BCUT2D eigenvalue weighted by molar-refractivity contribution is 5.21. The molecule has 1 unspecified atom stereocenters. The van der Waals surface area contributed by atoms with Gasteiger partial charge in [-0.3, -0.25) is 4.79 Å². The number of hydrogen-bond acceptors (Lipinski definition) is 2. The molecule has 3 nitrogen and oxygen atoms in total. The van der Waals surface area contributed by atoms with Crippen molar-refractivity contribution in [2.75, 3.05) is 0 Å². The Kier molecular flexibility index (Phi) is 4.13. The first-order valence-electron chi connectivity index (χ1n) is 6.07. The lowest BCUT2D eigenvalue weighted by Gasteiger charge is -2.16. The first-order valence-corrected chi connectivity index (χ1v) is 6.07. The molecule has 1 heterocycles. The number of aromatic nitrogens is 1. The van der Waals surface area contributed by atoms with E-state index in [-0.39, 0.29) is 12.1 Å². The smallest absolute Gasteiger partial charge is 0.322 e. The molecule has 0 saturated heterocycles. The van der Waals surface area contributed by atoms with E-state index in [9.17, 15) is 22.4 Å². The summed E-state index contributed by atoms with van der Waals surface area (Å²) in [4.78, 5) is 11.6. The van der Waals surface area contributed by atoms with Crippen LogP contribution in [0.25, 0.3) is 0 Å². The SMILES string of the molecule is NC(Cn1cc(C(F)(F)F)ccc1=O)c1ccccc1F. The summed E-state index contributed by atoms with van der Waals surface area (Å²) < 4.78 is 52.3. The maximum atomic E-state index is 13.6. The Labute approximate surface area is 117 Å². The molecule has 2 N–H and O–H groups in total. The second kappa shape index (κ2) is 5.69. The fourth-order valence-electron chi connectivity index (χ4n) is 1.93. The zero-order valence-corrected chi connectivity index (χ0v) is 10.8. The predicted octanol–water partition coefficient (Wildman–Crippen LogP) is 2.71. The fourth-order valence-corrected chi connectivity index (χ4v) is 1.93. The van der Waals surface area contributed by atoms with Gasteiger partial charge in [0.25, 0.3) is 5.56 Å². The highest BCUT2D eigenvalue weighted by Crippen LogP contribution is 2.28. The molecule has 1 aromatic heterocycles. The van der Waals surface area contributed by atoms with Gasteiger partial charge in [-0.2, -0.15) is 13.2 Å². The average molecular weight is 300 g/mol. The Morgan fingerprint density at radius 1 is 1.14 bits per heavy atom. The van der Waals surface area contributed by atoms with Crippen molar-refractivity contribution >= 4 is 0 Å². The molecular formula is C14H12F4N2O. The molecule has 0 bridgehead atoms. The van der Waals surface area contributed by atoms with E-state index < -0.39 is 29.2 Å². The topological polar surface area (TPSA) is 48.0 Å². The Bertz CT molecular complexity index is 694. The van der Waals surface area contributed by atoms with E-state index >= 15 is 0 Å². The van der Waals surface area contributed by atoms with E-state index in [0.29, 0.717) is 12.3 Å². The minimum absolute atomic E-state index is 0.141. The molecule has 2 aromatic rings. The van der Waals surface area contributed by atoms with Gasteiger partial charge in [0.15, 0.2) is 0 Å². The lowest BCUT2D eigenvalue weighted by molar-refractivity contribution is -0.138. The maximum Gasteiger partial charge on any atom is 0.417 e. The van der Waals surface area contributed by atoms with E-state index in [0.717, 1.165) is 10.6 Å². The van der Waals surface area contributed by atoms with Crippen molar-refractivity contribution in [3.8, 4) is 0 Å². The predicted molar refractivity (Wildman–Crippen MR) is 69.0 cm³/mol. The second-order valence-electron chi connectivity index (χ2n) is 4.53. The molecule has 0 spiro atoms. The normalized spacial score (nSPS) is 13.2. The van der Waals surface area contributed by atoms with Gasteiger partial charge in [0.1, 0.15) is 5.82 Å². The lowest BCUT2D eigenvalue weighted by Crippen LogP contribution is -2.27. The van der Waals surface area contributed by atoms with Crippen LogP contribution in [0.15, 0.2) is 47.4 Å². The van der Waals surface area contributed by atoms with Gasteiger partial charge in [0.2, 0.25) is 0 Å². The molecule has 0 aliphatic rings. The Morgan fingerprint density at radius 2 is 1.81 bits per heavy atom. The van der Waals surface area contributed by atoms with Gasteiger partial charge in [0, 0.05) is 24.4 Å². The molecule has 0 saturated carbocycles. The van der Waals surface area contributed by atoms with E-state index in [4.69, 9.17) is 5.73 Å². The highest BCUT2D eigenvalue weighted by Gasteiger charge is 2.31. The first-order chi connectivity index (χ1) is 9.79. The van der Waals surface area contributed by atoms with Crippen LogP contribution in [0.4, 0.5) is 17.6 Å². The Balaban J connectivity index is 2.31. The summed E-state index contributed by atoms with van der Waals surface area (Å²) >= 11 is 0. The summed E-state index contributed by atoms with van der Waals surface area (Å²) in [5, 5.41) is 0. The largest absolute Gasteiger partial charge is 0.417 e. The number of benzene rings is 1. The Morgan fingerprint density at radius 3 is 2.43 bits per heavy atom. The van der Waals surface area contributed by atoms with Crippen LogP contribution < -0.4 is 11.3 Å². The maximum absolute atomic E-state index is 13.6. The summed E-state index contributed by atoms with van der Waals surface area (Å²) in [6.07, 6.45) is -3.87. The summed E-state index contributed by atoms with van der Waals surface area (Å²) in [7, 11) is 0. The minimum Gasteiger partial charge on any atom is -0.322 e. The van der Waals surface area contributed by atoms with Crippen molar-refractivity contribution in [2.45, 2.75) is 18.8 Å². The van der Waals surface area contributed by atoms with Gasteiger partial charge in [-0.1, -0.05) is 18.2 Å². The number of halogens is 4. The van der Waals surface area contributed by atoms with Crippen LogP contribution in [-0.4, -0.2) is 4.57 Å². The monoisotopic (exact) mass is 300 g/mol. The van der Waals surface area contributed by atoms with Gasteiger partial charge in [0.05, 0.1) is 11.6 Å². The van der Waals surface area contributed by atoms with Crippen molar-refractivity contribution in [1.82, 2.24) is 4.57 Å². The van der Waals surface area contributed by atoms with Crippen molar-refractivity contribution in [2.24, 2.45) is 5.73 Å². The molecule has 7 heteroatoms. The molecule has 1 atom stereocenters. The quantitative estimate of drug-likeness (QED) is 0.886. The number of rotatable bonds is 3. The molecule has 0 fully saturated rings. The number of hydrogen-bond donors (Lipinski definition) is 1. The molecule has 0 radical (unpaired) electrons. The zero-order valence-electron chi connectivity index (χ0n) is 10.8. The standard InChI is InChI=1S/C14H12F4N2O/c15-11-4-2-1-3-10(11)12(19)8-20-7-9(14(16,17)18)5-6-13(20)21/h1-7,12H,8,19H2. The van der Waals surface area contributed by atoms with E-state index in [1.54, 1.807) is 6.07 Å². The molecule has 0 aliphatic carbocycles. The summed E-state index contributed by atoms with van der Waals surface area (Å²) in [5.41, 5.74) is 4.33. The molecule has 2 rings (SSSR count). The van der Waals surface area contributed by atoms with Crippen LogP contribution in [-0.2, 0) is 12.7 Å². The highest BCUT2D eigenvalue weighted by atomic mass is 19.4. The van der Waals surface area contributed by atoms with Crippen LogP contribution in [0, 0.1) is 5.82 Å². The second-order valence-corrected chi connectivity index (χ2v) is 4.53. The van der Waals surface area contributed by atoms with E-state index in [2.05, 4.69) is 0 Å². The van der Waals surface area contributed by atoms with E-state index in [1.165, 1.54) is 18.2 Å². The van der Waals surface area contributed by atoms with Gasteiger partial charge >= 0.3 is 6.18 Å². The number of nitrogens with zero attached hydrogens (tertiary/aromatic N) is 1. The van der Waals surface area contributed by atoms with Crippen molar-refractivity contribution < 1.29 is 17.6 Å². The third-order valence-corrected chi connectivity index (χ3v) is 3.01. The summed E-state index contributed by atoms with van der Waals surface area (Å²) in [6.45, 7) is -0.246. The summed E-state index contributed by atoms with van der Waals surface area (Å²) in [6, 6.07) is 6.26. The molecule has 21 heavy (non-hydrogen) atoms. The summed E-state index contributed by atoms with van der Waals surface area (Å²) in [5.74, 6) is -0.565.